The molecule has 5 nitrogen and oxygen atoms in total. The number of piperidine rings is 1. The molecule has 1 saturated heterocycles. The van der Waals surface area contributed by atoms with E-state index in [1.165, 1.54) is 0 Å². The lowest BCUT2D eigenvalue weighted by molar-refractivity contribution is 0.0572. The van der Waals surface area contributed by atoms with Gasteiger partial charge < -0.3 is 10.6 Å². The first-order chi connectivity index (χ1) is 9.06. The minimum absolute atomic E-state index is 0. The highest BCUT2D eigenvalue weighted by atomic mass is 35.5. The second kappa shape index (κ2) is 7.09. The van der Waals surface area contributed by atoms with Gasteiger partial charge in [-0.05, 0) is 25.2 Å². The van der Waals surface area contributed by atoms with Gasteiger partial charge in [0.15, 0.2) is 0 Å². The lowest BCUT2D eigenvalue weighted by Crippen LogP contribution is -2.49. The van der Waals surface area contributed by atoms with Crippen molar-refractivity contribution in [1.82, 2.24) is 14.7 Å². The predicted octanol–water partition coefficient (Wildman–Crippen LogP) is 1.60. The van der Waals surface area contributed by atoms with Crippen molar-refractivity contribution in [3.63, 3.8) is 0 Å². The van der Waals surface area contributed by atoms with Crippen molar-refractivity contribution in [1.29, 1.82) is 0 Å². The van der Waals surface area contributed by atoms with Crippen LogP contribution in [0.2, 0.25) is 0 Å². The molecule has 0 spiro atoms. The molecule has 0 radical (unpaired) electrons. The van der Waals surface area contributed by atoms with Crippen LogP contribution < -0.4 is 5.73 Å². The standard InChI is InChI=1S/C14H24N4O.ClH/c1-4-13-12(9-17(3)16-13)14(19)18-6-5-10(2)7-11(18)8-15;/h9-11H,4-8,15H2,1-3H3;1H. The number of amides is 1. The van der Waals surface area contributed by atoms with Gasteiger partial charge >= 0.3 is 0 Å². The molecule has 0 saturated carbocycles. The molecule has 1 aliphatic heterocycles. The summed E-state index contributed by atoms with van der Waals surface area (Å²) in [6.45, 7) is 5.60. The van der Waals surface area contributed by atoms with E-state index in [1.807, 2.05) is 25.1 Å². The molecule has 2 atom stereocenters. The Kier molecular flexibility index (Phi) is 6.02. The Bertz CT molecular complexity index is 460. The van der Waals surface area contributed by atoms with Crippen LogP contribution in [0.25, 0.3) is 0 Å². The summed E-state index contributed by atoms with van der Waals surface area (Å²) in [4.78, 5) is 14.6. The molecule has 1 amide bonds. The molecule has 1 aromatic rings. The number of halogens is 1. The molecule has 2 N–H and O–H groups in total. The third-order valence-corrected chi connectivity index (χ3v) is 3.98. The summed E-state index contributed by atoms with van der Waals surface area (Å²) in [7, 11) is 1.86. The lowest BCUT2D eigenvalue weighted by Gasteiger charge is -2.38. The van der Waals surface area contributed by atoms with Gasteiger partial charge in [0.05, 0.1) is 11.3 Å². The average Bonchev–Trinajstić information content (AvgIpc) is 2.79. The van der Waals surface area contributed by atoms with Gasteiger partial charge in [-0.3, -0.25) is 9.48 Å². The molecule has 114 valence electrons. The highest BCUT2D eigenvalue weighted by molar-refractivity contribution is 5.95. The highest BCUT2D eigenvalue weighted by Gasteiger charge is 2.31. The third-order valence-electron chi connectivity index (χ3n) is 3.98. The zero-order chi connectivity index (χ0) is 14.0. The number of carbonyl (C=O) groups excluding carboxylic acids is 1. The quantitative estimate of drug-likeness (QED) is 0.922. The van der Waals surface area contributed by atoms with Crippen LogP contribution in [0, 0.1) is 5.92 Å². The number of aryl methyl sites for hydroxylation is 2. The Hall–Kier alpha value is -1.07. The second-order valence-electron chi connectivity index (χ2n) is 5.53. The molecular weight excluding hydrogens is 276 g/mol. The molecular formula is C14H25ClN4O. The van der Waals surface area contributed by atoms with Crippen molar-refractivity contribution >= 4 is 18.3 Å². The van der Waals surface area contributed by atoms with E-state index < -0.39 is 0 Å². The van der Waals surface area contributed by atoms with Gasteiger partial charge in [-0.1, -0.05) is 13.8 Å². The molecule has 1 fully saturated rings. The molecule has 6 heteroatoms. The summed E-state index contributed by atoms with van der Waals surface area (Å²) in [5.41, 5.74) is 7.44. The maximum Gasteiger partial charge on any atom is 0.257 e. The van der Waals surface area contributed by atoms with Crippen LogP contribution in [0.3, 0.4) is 0 Å². The van der Waals surface area contributed by atoms with Crippen LogP contribution in [-0.4, -0.2) is 39.7 Å². The number of hydrogen-bond donors (Lipinski definition) is 1. The number of likely N-dealkylation sites (tertiary alicyclic amines) is 1. The van der Waals surface area contributed by atoms with Crippen LogP contribution in [-0.2, 0) is 13.5 Å². The summed E-state index contributed by atoms with van der Waals surface area (Å²) in [5, 5.41) is 4.35. The smallest absolute Gasteiger partial charge is 0.257 e. The number of rotatable bonds is 3. The maximum atomic E-state index is 12.7. The zero-order valence-electron chi connectivity index (χ0n) is 12.5. The number of nitrogens with two attached hydrogens (primary N) is 1. The fraction of sp³-hybridized carbons (Fsp3) is 0.714. The van der Waals surface area contributed by atoms with Crippen LogP contribution in [0.4, 0.5) is 0 Å². The van der Waals surface area contributed by atoms with Gasteiger partial charge in [-0.15, -0.1) is 12.4 Å². The van der Waals surface area contributed by atoms with E-state index in [4.69, 9.17) is 5.73 Å². The molecule has 2 unspecified atom stereocenters. The van der Waals surface area contributed by atoms with E-state index in [0.717, 1.165) is 37.1 Å². The first kappa shape index (κ1) is 17.0. The summed E-state index contributed by atoms with van der Waals surface area (Å²) in [5.74, 6) is 0.740. The molecule has 2 heterocycles. The fourth-order valence-corrected chi connectivity index (χ4v) is 2.87. The van der Waals surface area contributed by atoms with Gasteiger partial charge in [-0.25, -0.2) is 0 Å². The summed E-state index contributed by atoms with van der Waals surface area (Å²) in [6, 6.07) is 0.168. The van der Waals surface area contributed by atoms with Crippen molar-refractivity contribution in [3.05, 3.63) is 17.5 Å². The van der Waals surface area contributed by atoms with E-state index in [9.17, 15) is 4.79 Å². The topological polar surface area (TPSA) is 64.2 Å². The van der Waals surface area contributed by atoms with E-state index in [2.05, 4.69) is 12.0 Å². The van der Waals surface area contributed by atoms with Crippen LogP contribution in [0.15, 0.2) is 6.20 Å². The highest BCUT2D eigenvalue weighted by Crippen LogP contribution is 2.24. The van der Waals surface area contributed by atoms with Crippen LogP contribution >= 0.6 is 12.4 Å². The Morgan fingerprint density at radius 1 is 1.55 bits per heavy atom. The molecule has 2 rings (SSSR count). The van der Waals surface area contributed by atoms with E-state index in [-0.39, 0.29) is 24.4 Å². The number of nitrogens with zero attached hydrogens (tertiary/aromatic N) is 3. The summed E-state index contributed by atoms with van der Waals surface area (Å²) >= 11 is 0. The van der Waals surface area contributed by atoms with Crippen LogP contribution in [0.1, 0.15) is 42.7 Å². The van der Waals surface area contributed by atoms with Gasteiger partial charge in [0.2, 0.25) is 0 Å². The summed E-state index contributed by atoms with van der Waals surface area (Å²) in [6.07, 6.45) is 4.67. The fourth-order valence-electron chi connectivity index (χ4n) is 2.87. The average molecular weight is 301 g/mol. The maximum absolute atomic E-state index is 12.7. The number of aromatic nitrogens is 2. The third kappa shape index (κ3) is 3.33. The van der Waals surface area contributed by atoms with Crippen molar-refractivity contribution in [2.75, 3.05) is 13.1 Å². The van der Waals surface area contributed by atoms with Crippen molar-refractivity contribution in [3.8, 4) is 0 Å². The van der Waals surface area contributed by atoms with Crippen molar-refractivity contribution in [2.45, 2.75) is 39.2 Å². The van der Waals surface area contributed by atoms with Gasteiger partial charge in [-0.2, -0.15) is 5.10 Å². The summed E-state index contributed by atoms with van der Waals surface area (Å²) < 4.78 is 1.72. The van der Waals surface area contributed by atoms with Crippen molar-refractivity contribution < 1.29 is 4.79 Å². The molecule has 0 aromatic carbocycles. The molecule has 1 aromatic heterocycles. The molecule has 1 aliphatic rings. The van der Waals surface area contributed by atoms with Crippen LogP contribution in [0.5, 0.6) is 0 Å². The first-order valence-corrected chi connectivity index (χ1v) is 7.10. The second-order valence-corrected chi connectivity index (χ2v) is 5.53. The van der Waals surface area contributed by atoms with Gasteiger partial charge in [0, 0.05) is 32.4 Å². The Labute approximate surface area is 126 Å². The van der Waals surface area contributed by atoms with Gasteiger partial charge in [0.1, 0.15) is 0 Å². The minimum Gasteiger partial charge on any atom is -0.334 e. The molecule has 20 heavy (non-hydrogen) atoms. The Morgan fingerprint density at radius 2 is 2.25 bits per heavy atom. The largest absolute Gasteiger partial charge is 0.334 e. The Morgan fingerprint density at radius 3 is 2.85 bits per heavy atom. The minimum atomic E-state index is 0. The SMILES string of the molecule is CCc1nn(C)cc1C(=O)N1CCC(C)CC1CN.Cl. The lowest BCUT2D eigenvalue weighted by atomic mass is 9.92. The Balaban J connectivity index is 0.00000200. The first-order valence-electron chi connectivity index (χ1n) is 7.10. The van der Waals surface area contributed by atoms with E-state index in [1.54, 1.807) is 4.68 Å². The number of hydrogen-bond acceptors (Lipinski definition) is 3. The zero-order valence-corrected chi connectivity index (χ0v) is 13.3. The monoisotopic (exact) mass is 300 g/mol. The van der Waals surface area contributed by atoms with Crippen molar-refractivity contribution in [2.24, 2.45) is 18.7 Å². The predicted molar refractivity (Wildman–Crippen MR) is 82.1 cm³/mol. The number of carbonyl (C=O) groups is 1. The van der Waals surface area contributed by atoms with E-state index in [0.29, 0.717) is 12.5 Å². The van der Waals surface area contributed by atoms with Gasteiger partial charge in [0.25, 0.3) is 5.91 Å². The molecule has 0 aliphatic carbocycles. The molecule has 0 bridgehead atoms. The normalized spacial score (nSPS) is 22.5. The van der Waals surface area contributed by atoms with E-state index >= 15 is 0 Å².